The SMILES string of the molecule is Clc1ccc(CNc2ccsc2Cl)s1. The van der Waals surface area contributed by atoms with Crippen LogP contribution in [0.15, 0.2) is 23.6 Å². The minimum Gasteiger partial charge on any atom is -0.378 e. The largest absolute Gasteiger partial charge is 0.378 e. The molecule has 14 heavy (non-hydrogen) atoms. The van der Waals surface area contributed by atoms with Gasteiger partial charge in [-0.25, -0.2) is 0 Å². The van der Waals surface area contributed by atoms with Crippen molar-refractivity contribution in [1.29, 1.82) is 0 Å². The zero-order valence-electron chi connectivity index (χ0n) is 7.09. The Balaban J connectivity index is 1.98. The van der Waals surface area contributed by atoms with Gasteiger partial charge in [0.15, 0.2) is 0 Å². The summed E-state index contributed by atoms with van der Waals surface area (Å²) in [5, 5.41) is 5.22. The van der Waals surface area contributed by atoms with Gasteiger partial charge in [-0.2, -0.15) is 0 Å². The molecule has 2 rings (SSSR count). The Morgan fingerprint density at radius 1 is 1.21 bits per heavy atom. The van der Waals surface area contributed by atoms with E-state index in [9.17, 15) is 0 Å². The van der Waals surface area contributed by atoms with E-state index in [-0.39, 0.29) is 0 Å². The number of nitrogens with one attached hydrogen (secondary N) is 1. The summed E-state index contributed by atoms with van der Waals surface area (Å²) in [6.07, 6.45) is 0. The van der Waals surface area contributed by atoms with Crippen molar-refractivity contribution in [2.75, 3.05) is 5.32 Å². The predicted molar refractivity (Wildman–Crippen MR) is 66.0 cm³/mol. The van der Waals surface area contributed by atoms with Gasteiger partial charge in [-0.3, -0.25) is 0 Å². The Morgan fingerprint density at radius 2 is 2.07 bits per heavy atom. The number of hydrogen-bond acceptors (Lipinski definition) is 3. The second-order valence-electron chi connectivity index (χ2n) is 2.67. The van der Waals surface area contributed by atoms with Gasteiger partial charge in [0.25, 0.3) is 0 Å². The second-order valence-corrected chi connectivity index (χ2v) is 5.99. The Labute approximate surface area is 100 Å². The standard InChI is InChI=1S/C9H7Cl2NS2/c10-8-2-1-6(14-8)5-12-7-3-4-13-9(7)11/h1-4,12H,5H2. The maximum atomic E-state index is 5.94. The van der Waals surface area contributed by atoms with E-state index in [4.69, 9.17) is 23.2 Å². The van der Waals surface area contributed by atoms with E-state index in [1.807, 2.05) is 23.6 Å². The van der Waals surface area contributed by atoms with E-state index in [1.54, 1.807) is 11.3 Å². The van der Waals surface area contributed by atoms with Crippen LogP contribution in [-0.2, 0) is 6.54 Å². The highest BCUT2D eigenvalue weighted by Gasteiger charge is 2.01. The van der Waals surface area contributed by atoms with Crippen molar-refractivity contribution in [3.8, 4) is 0 Å². The summed E-state index contributed by atoms with van der Waals surface area (Å²) < 4.78 is 1.62. The maximum absolute atomic E-state index is 5.94. The van der Waals surface area contributed by atoms with E-state index in [1.165, 1.54) is 16.2 Å². The summed E-state index contributed by atoms with van der Waals surface area (Å²) >= 11 is 14.9. The van der Waals surface area contributed by atoms with Crippen molar-refractivity contribution in [3.05, 3.63) is 37.1 Å². The van der Waals surface area contributed by atoms with Crippen LogP contribution in [0.3, 0.4) is 0 Å². The van der Waals surface area contributed by atoms with Crippen LogP contribution >= 0.6 is 45.9 Å². The molecule has 0 unspecified atom stereocenters. The molecule has 0 fully saturated rings. The fourth-order valence-electron chi connectivity index (χ4n) is 1.05. The molecular formula is C9H7Cl2NS2. The molecule has 1 nitrogen and oxygen atoms in total. The maximum Gasteiger partial charge on any atom is 0.116 e. The highest BCUT2D eigenvalue weighted by atomic mass is 35.5. The van der Waals surface area contributed by atoms with Crippen LogP contribution in [-0.4, -0.2) is 0 Å². The molecule has 2 heterocycles. The van der Waals surface area contributed by atoms with Crippen LogP contribution in [0.1, 0.15) is 4.88 Å². The monoisotopic (exact) mass is 263 g/mol. The Hall–Kier alpha value is -0.220. The van der Waals surface area contributed by atoms with Gasteiger partial charge >= 0.3 is 0 Å². The van der Waals surface area contributed by atoms with Crippen molar-refractivity contribution in [2.45, 2.75) is 6.54 Å². The first-order valence-electron chi connectivity index (χ1n) is 3.97. The number of thiophene rings is 2. The molecular weight excluding hydrogens is 257 g/mol. The molecule has 2 aromatic rings. The third kappa shape index (κ3) is 2.42. The van der Waals surface area contributed by atoms with Gasteiger partial charge in [-0.15, -0.1) is 22.7 Å². The van der Waals surface area contributed by atoms with Crippen molar-refractivity contribution in [2.24, 2.45) is 0 Å². The molecule has 0 radical (unpaired) electrons. The molecule has 0 atom stereocenters. The molecule has 5 heteroatoms. The number of halogens is 2. The van der Waals surface area contributed by atoms with Gasteiger partial charge < -0.3 is 5.32 Å². The van der Waals surface area contributed by atoms with E-state index in [2.05, 4.69) is 5.32 Å². The topological polar surface area (TPSA) is 12.0 Å². The van der Waals surface area contributed by atoms with Crippen LogP contribution in [0.5, 0.6) is 0 Å². The third-order valence-corrected chi connectivity index (χ3v) is 4.10. The van der Waals surface area contributed by atoms with Gasteiger partial charge in [0.1, 0.15) is 4.34 Å². The highest BCUT2D eigenvalue weighted by molar-refractivity contribution is 7.16. The molecule has 0 aliphatic heterocycles. The zero-order valence-corrected chi connectivity index (χ0v) is 10.2. The van der Waals surface area contributed by atoms with Crippen molar-refractivity contribution < 1.29 is 0 Å². The first-order chi connectivity index (χ1) is 6.75. The van der Waals surface area contributed by atoms with Crippen LogP contribution in [0.2, 0.25) is 8.67 Å². The molecule has 0 bridgehead atoms. The molecule has 2 aromatic heterocycles. The molecule has 0 saturated heterocycles. The summed E-state index contributed by atoms with van der Waals surface area (Å²) in [4.78, 5) is 1.21. The first-order valence-corrected chi connectivity index (χ1v) is 6.42. The van der Waals surface area contributed by atoms with Crippen molar-refractivity contribution in [1.82, 2.24) is 0 Å². The van der Waals surface area contributed by atoms with Crippen molar-refractivity contribution >= 4 is 51.6 Å². The third-order valence-electron chi connectivity index (χ3n) is 1.70. The van der Waals surface area contributed by atoms with E-state index in [0.717, 1.165) is 20.9 Å². The quantitative estimate of drug-likeness (QED) is 0.845. The van der Waals surface area contributed by atoms with Crippen LogP contribution in [0, 0.1) is 0 Å². The fourth-order valence-corrected chi connectivity index (χ4v) is 2.95. The number of anilines is 1. The van der Waals surface area contributed by atoms with Crippen molar-refractivity contribution in [3.63, 3.8) is 0 Å². The molecule has 0 spiro atoms. The first kappa shape index (κ1) is 10.3. The summed E-state index contributed by atoms with van der Waals surface area (Å²) in [6.45, 7) is 0.772. The Bertz CT molecular complexity index is 422. The molecule has 0 amide bonds. The molecule has 1 N–H and O–H groups in total. The summed E-state index contributed by atoms with van der Waals surface area (Å²) in [5.41, 5.74) is 0.987. The molecule has 0 aliphatic carbocycles. The Morgan fingerprint density at radius 3 is 2.64 bits per heavy atom. The molecule has 74 valence electrons. The molecule has 0 saturated carbocycles. The van der Waals surface area contributed by atoms with Gasteiger partial charge in [0.05, 0.1) is 10.0 Å². The summed E-state index contributed by atoms with van der Waals surface area (Å²) in [5.74, 6) is 0. The summed E-state index contributed by atoms with van der Waals surface area (Å²) in [6, 6.07) is 5.89. The van der Waals surface area contributed by atoms with Gasteiger partial charge in [-0.05, 0) is 23.6 Å². The zero-order chi connectivity index (χ0) is 9.97. The predicted octanol–water partition coefficient (Wildman–Crippen LogP) is 4.73. The average Bonchev–Trinajstić information content (AvgIpc) is 2.72. The average molecular weight is 264 g/mol. The Kier molecular flexibility index (Phi) is 3.34. The molecule has 0 aromatic carbocycles. The van der Waals surface area contributed by atoms with E-state index in [0.29, 0.717) is 0 Å². The minimum absolute atomic E-state index is 0.772. The normalized spacial score (nSPS) is 10.4. The minimum atomic E-state index is 0.772. The van der Waals surface area contributed by atoms with Gasteiger partial charge in [-0.1, -0.05) is 23.2 Å². The van der Waals surface area contributed by atoms with Gasteiger partial charge in [0.2, 0.25) is 0 Å². The summed E-state index contributed by atoms with van der Waals surface area (Å²) in [7, 11) is 0. The molecule has 0 aliphatic rings. The van der Waals surface area contributed by atoms with Gasteiger partial charge in [0, 0.05) is 11.4 Å². The lowest BCUT2D eigenvalue weighted by Crippen LogP contribution is -1.95. The van der Waals surface area contributed by atoms with E-state index < -0.39 is 0 Å². The lowest BCUT2D eigenvalue weighted by atomic mass is 10.4. The van der Waals surface area contributed by atoms with Crippen LogP contribution in [0.4, 0.5) is 5.69 Å². The van der Waals surface area contributed by atoms with E-state index >= 15 is 0 Å². The number of hydrogen-bond donors (Lipinski definition) is 1. The lowest BCUT2D eigenvalue weighted by molar-refractivity contribution is 1.20. The lowest BCUT2D eigenvalue weighted by Gasteiger charge is -2.01. The van der Waals surface area contributed by atoms with Crippen LogP contribution < -0.4 is 5.32 Å². The second kappa shape index (κ2) is 4.53. The number of rotatable bonds is 3. The highest BCUT2D eigenvalue weighted by Crippen LogP contribution is 2.29. The van der Waals surface area contributed by atoms with Crippen LogP contribution in [0.25, 0.3) is 0 Å². The smallest absolute Gasteiger partial charge is 0.116 e. The fraction of sp³-hybridized carbons (Fsp3) is 0.111.